The molecule has 0 fully saturated rings. The first kappa shape index (κ1) is 19.4. The highest BCUT2D eigenvalue weighted by atomic mass is 19.1. The lowest BCUT2D eigenvalue weighted by Crippen LogP contribution is -2.09. The van der Waals surface area contributed by atoms with Gasteiger partial charge in [-0.2, -0.15) is 0 Å². The molecule has 0 saturated carbocycles. The Labute approximate surface area is 180 Å². The Bertz CT molecular complexity index is 1390. The molecular weight excluding hydrogens is 387 g/mol. The van der Waals surface area contributed by atoms with Gasteiger partial charge in [0, 0.05) is 28.1 Å². The van der Waals surface area contributed by atoms with E-state index in [4.69, 9.17) is 9.40 Å². The molecule has 0 bridgehead atoms. The number of para-hydroxylation sites is 1. The van der Waals surface area contributed by atoms with E-state index in [1.807, 2.05) is 36.5 Å². The average molecular weight is 410 g/mol. The van der Waals surface area contributed by atoms with Gasteiger partial charge in [0.15, 0.2) is 0 Å². The SMILES string of the molecule is CC(C)(C)Cc1ccnc(-c2cccc3c2oc2nc(-c4ccc(F)cc4)ccc23)c1. The summed E-state index contributed by atoms with van der Waals surface area (Å²) in [5, 5.41) is 1.96. The van der Waals surface area contributed by atoms with Crippen LogP contribution in [-0.2, 0) is 6.42 Å². The number of benzene rings is 2. The topological polar surface area (TPSA) is 38.9 Å². The van der Waals surface area contributed by atoms with Crippen LogP contribution in [0.25, 0.3) is 44.6 Å². The monoisotopic (exact) mass is 410 g/mol. The van der Waals surface area contributed by atoms with Crippen molar-refractivity contribution in [1.29, 1.82) is 0 Å². The molecule has 2 aromatic carbocycles. The number of fused-ring (bicyclic) bond motifs is 3. The Morgan fingerprint density at radius 3 is 2.45 bits per heavy atom. The van der Waals surface area contributed by atoms with E-state index in [1.54, 1.807) is 12.1 Å². The summed E-state index contributed by atoms with van der Waals surface area (Å²) in [6, 6.07) is 20.6. The molecular formula is C27H23FN2O. The van der Waals surface area contributed by atoms with E-state index in [-0.39, 0.29) is 11.2 Å². The molecule has 0 spiro atoms. The fourth-order valence-corrected chi connectivity index (χ4v) is 4.01. The van der Waals surface area contributed by atoms with Gasteiger partial charge >= 0.3 is 0 Å². The normalized spacial score (nSPS) is 12.0. The Kier molecular flexibility index (Phi) is 4.58. The molecule has 5 rings (SSSR count). The minimum atomic E-state index is -0.264. The number of rotatable bonds is 3. The molecule has 3 aromatic heterocycles. The van der Waals surface area contributed by atoms with Crippen LogP contribution in [0.4, 0.5) is 4.39 Å². The van der Waals surface area contributed by atoms with E-state index < -0.39 is 0 Å². The number of aromatic nitrogens is 2. The van der Waals surface area contributed by atoms with Crippen molar-refractivity contribution < 1.29 is 8.81 Å². The maximum atomic E-state index is 13.3. The van der Waals surface area contributed by atoms with Crippen LogP contribution in [0.15, 0.2) is 77.3 Å². The molecule has 0 radical (unpaired) electrons. The van der Waals surface area contributed by atoms with Gasteiger partial charge in [0.05, 0.1) is 11.4 Å². The van der Waals surface area contributed by atoms with Gasteiger partial charge in [0.1, 0.15) is 11.4 Å². The van der Waals surface area contributed by atoms with E-state index in [2.05, 4.69) is 37.9 Å². The second-order valence-corrected chi connectivity index (χ2v) is 9.13. The van der Waals surface area contributed by atoms with Crippen molar-refractivity contribution in [2.45, 2.75) is 27.2 Å². The lowest BCUT2D eigenvalue weighted by molar-refractivity contribution is 0.411. The first-order valence-corrected chi connectivity index (χ1v) is 10.4. The summed E-state index contributed by atoms with van der Waals surface area (Å²) in [6.07, 6.45) is 2.84. The minimum Gasteiger partial charge on any atom is -0.437 e. The van der Waals surface area contributed by atoms with Crippen LogP contribution in [0, 0.1) is 11.2 Å². The molecule has 154 valence electrons. The highest BCUT2D eigenvalue weighted by Crippen LogP contribution is 2.36. The van der Waals surface area contributed by atoms with Crippen molar-refractivity contribution in [3.05, 3.63) is 84.3 Å². The van der Waals surface area contributed by atoms with Gasteiger partial charge in [-0.05, 0) is 72.0 Å². The second-order valence-electron chi connectivity index (χ2n) is 9.13. The highest BCUT2D eigenvalue weighted by Gasteiger charge is 2.16. The standard InChI is InChI=1S/C27H23FN2O/c1-27(2,3)16-17-13-14-29-24(15-17)22-6-4-5-20-21-11-12-23(30-26(21)31-25(20)22)18-7-9-19(28)10-8-18/h4-15H,16H2,1-3H3. The Morgan fingerprint density at radius 1 is 0.871 bits per heavy atom. The quantitative estimate of drug-likeness (QED) is 0.310. The average Bonchev–Trinajstić information content (AvgIpc) is 3.11. The van der Waals surface area contributed by atoms with Crippen LogP contribution in [0.3, 0.4) is 0 Å². The number of nitrogens with zero attached hydrogens (tertiary/aromatic N) is 2. The molecule has 3 heterocycles. The van der Waals surface area contributed by atoms with Gasteiger partial charge in [0.2, 0.25) is 5.71 Å². The lowest BCUT2D eigenvalue weighted by atomic mass is 9.88. The molecule has 0 aliphatic rings. The molecule has 31 heavy (non-hydrogen) atoms. The zero-order valence-electron chi connectivity index (χ0n) is 17.8. The first-order valence-electron chi connectivity index (χ1n) is 10.4. The maximum Gasteiger partial charge on any atom is 0.227 e. The van der Waals surface area contributed by atoms with Crippen LogP contribution in [0.5, 0.6) is 0 Å². The zero-order valence-corrected chi connectivity index (χ0v) is 17.8. The molecule has 3 nitrogen and oxygen atoms in total. The number of hydrogen-bond acceptors (Lipinski definition) is 3. The van der Waals surface area contributed by atoms with Crippen LogP contribution >= 0.6 is 0 Å². The zero-order chi connectivity index (χ0) is 21.6. The van der Waals surface area contributed by atoms with E-state index in [9.17, 15) is 4.39 Å². The Morgan fingerprint density at radius 2 is 1.68 bits per heavy atom. The van der Waals surface area contributed by atoms with Crippen LogP contribution < -0.4 is 0 Å². The third-order valence-corrected chi connectivity index (χ3v) is 5.34. The molecule has 5 aromatic rings. The maximum absolute atomic E-state index is 13.3. The predicted octanol–water partition coefficient (Wildman–Crippen LogP) is 7.44. The summed E-state index contributed by atoms with van der Waals surface area (Å²) >= 11 is 0. The van der Waals surface area contributed by atoms with Gasteiger partial charge in [-0.3, -0.25) is 4.98 Å². The lowest BCUT2D eigenvalue weighted by Gasteiger charge is -2.18. The highest BCUT2D eigenvalue weighted by molar-refractivity contribution is 6.08. The molecule has 0 atom stereocenters. The Balaban J connectivity index is 1.63. The molecule has 4 heteroatoms. The molecule has 0 amide bonds. The van der Waals surface area contributed by atoms with Crippen molar-refractivity contribution in [3.63, 3.8) is 0 Å². The summed E-state index contributed by atoms with van der Waals surface area (Å²) in [4.78, 5) is 9.32. The minimum absolute atomic E-state index is 0.199. The van der Waals surface area contributed by atoms with Gasteiger partial charge < -0.3 is 4.42 Å². The van der Waals surface area contributed by atoms with Crippen molar-refractivity contribution in [2.75, 3.05) is 0 Å². The van der Waals surface area contributed by atoms with Crippen molar-refractivity contribution in [2.24, 2.45) is 5.41 Å². The summed E-state index contributed by atoms with van der Waals surface area (Å²) in [5.41, 5.74) is 6.24. The van der Waals surface area contributed by atoms with E-state index >= 15 is 0 Å². The third kappa shape index (κ3) is 3.81. The number of furan rings is 1. The van der Waals surface area contributed by atoms with Gasteiger partial charge in [-0.1, -0.05) is 32.9 Å². The number of halogens is 1. The summed E-state index contributed by atoms with van der Waals surface area (Å²) in [6.45, 7) is 6.70. The first-order chi connectivity index (χ1) is 14.9. The Hall–Kier alpha value is -3.53. The van der Waals surface area contributed by atoms with Crippen molar-refractivity contribution in [1.82, 2.24) is 9.97 Å². The largest absolute Gasteiger partial charge is 0.437 e. The molecule has 0 N–H and O–H groups in total. The number of hydrogen-bond donors (Lipinski definition) is 0. The molecule has 0 unspecified atom stereocenters. The fraction of sp³-hybridized carbons (Fsp3) is 0.185. The summed E-state index contributed by atoms with van der Waals surface area (Å²) in [7, 11) is 0. The summed E-state index contributed by atoms with van der Waals surface area (Å²) < 4.78 is 19.5. The van der Waals surface area contributed by atoms with E-state index in [1.165, 1.54) is 17.7 Å². The number of pyridine rings is 2. The van der Waals surface area contributed by atoms with Crippen LogP contribution in [0.1, 0.15) is 26.3 Å². The molecule has 0 aliphatic carbocycles. The third-order valence-electron chi connectivity index (χ3n) is 5.34. The van der Waals surface area contributed by atoms with Gasteiger partial charge in [-0.15, -0.1) is 0 Å². The smallest absolute Gasteiger partial charge is 0.227 e. The van der Waals surface area contributed by atoms with Crippen LogP contribution in [0.2, 0.25) is 0 Å². The van der Waals surface area contributed by atoms with Crippen LogP contribution in [-0.4, -0.2) is 9.97 Å². The fourth-order valence-electron chi connectivity index (χ4n) is 4.01. The van der Waals surface area contributed by atoms with E-state index in [0.717, 1.165) is 45.3 Å². The van der Waals surface area contributed by atoms with Crippen molar-refractivity contribution >= 4 is 22.1 Å². The van der Waals surface area contributed by atoms with Gasteiger partial charge in [-0.25, -0.2) is 9.37 Å². The van der Waals surface area contributed by atoms with Crippen molar-refractivity contribution in [3.8, 4) is 22.5 Å². The second kappa shape index (κ2) is 7.31. The predicted molar refractivity (Wildman–Crippen MR) is 123 cm³/mol. The summed E-state index contributed by atoms with van der Waals surface area (Å²) in [5.74, 6) is -0.264. The molecule has 0 aliphatic heterocycles. The van der Waals surface area contributed by atoms with Gasteiger partial charge in [0.25, 0.3) is 0 Å². The van der Waals surface area contributed by atoms with E-state index in [0.29, 0.717) is 5.71 Å². The molecule has 0 saturated heterocycles.